The van der Waals surface area contributed by atoms with Gasteiger partial charge in [-0.1, -0.05) is 25.3 Å². The Morgan fingerprint density at radius 1 is 1.00 bits per heavy atom. The number of piperidine rings is 1. The Kier molecular flexibility index (Phi) is 3.09. The van der Waals surface area contributed by atoms with Crippen LogP contribution in [0.15, 0.2) is 24.4 Å². The van der Waals surface area contributed by atoms with E-state index in [0.717, 1.165) is 25.7 Å². The lowest BCUT2D eigenvalue weighted by Crippen LogP contribution is -2.49. The van der Waals surface area contributed by atoms with Gasteiger partial charge in [-0.3, -0.25) is 9.59 Å². The quantitative estimate of drug-likeness (QED) is 0.728. The highest BCUT2D eigenvalue weighted by atomic mass is 16.2. The second-order valence-corrected chi connectivity index (χ2v) is 5.73. The molecular weight excluding hydrogens is 240 g/mol. The van der Waals surface area contributed by atoms with Gasteiger partial charge in [0.2, 0.25) is 11.8 Å². The highest BCUT2D eigenvalue weighted by Gasteiger charge is 2.44. The molecule has 1 saturated heterocycles. The van der Waals surface area contributed by atoms with E-state index in [0.29, 0.717) is 18.7 Å². The topological polar surface area (TPSA) is 50.3 Å². The van der Waals surface area contributed by atoms with E-state index in [1.807, 2.05) is 0 Å². The Balaban J connectivity index is 1.84. The lowest BCUT2D eigenvalue weighted by molar-refractivity contribution is -0.134. The van der Waals surface area contributed by atoms with Crippen molar-refractivity contribution in [3.63, 3.8) is 0 Å². The Morgan fingerprint density at radius 2 is 1.68 bits per heavy atom. The summed E-state index contributed by atoms with van der Waals surface area (Å²) in [6, 6.07) is 5.30. The summed E-state index contributed by atoms with van der Waals surface area (Å²) in [5, 5.41) is 0. The molecule has 4 nitrogen and oxygen atoms in total. The fraction of sp³-hybridized carbons (Fsp3) is 0.533. The number of imide groups is 1. The molecule has 2 heterocycles. The first-order valence-corrected chi connectivity index (χ1v) is 6.97. The summed E-state index contributed by atoms with van der Waals surface area (Å²) < 4.78 is 0. The van der Waals surface area contributed by atoms with Crippen molar-refractivity contribution in [2.24, 2.45) is 5.41 Å². The molecule has 0 aromatic carbocycles. The standard InChI is InChI=1S/C15H18N2O2/c18-13-10-15(7-3-1-4-8-15)11-14(19)17(13)12-6-2-5-9-16-12/h2,5-6,9H,1,3-4,7-8,10-11H2. The summed E-state index contributed by atoms with van der Waals surface area (Å²) >= 11 is 0. The number of pyridine rings is 1. The van der Waals surface area contributed by atoms with E-state index in [9.17, 15) is 9.59 Å². The Hall–Kier alpha value is -1.71. The zero-order valence-electron chi connectivity index (χ0n) is 11.0. The second kappa shape index (κ2) is 4.76. The number of rotatable bonds is 1. The van der Waals surface area contributed by atoms with Gasteiger partial charge < -0.3 is 0 Å². The number of amides is 2. The molecule has 1 aliphatic carbocycles. The third-order valence-electron chi connectivity index (χ3n) is 4.34. The summed E-state index contributed by atoms with van der Waals surface area (Å²) in [6.07, 6.45) is 8.15. The van der Waals surface area contributed by atoms with Gasteiger partial charge in [-0.2, -0.15) is 0 Å². The highest BCUT2D eigenvalue weighted by Crippen LogP contribution is 2.45. The van der Waals surface area contributed by atoms with Crippen LogP contribution >= 0.6 is 0 Å². The number of carbonyl (C=O) groups is 2. The summed E-state index contributed by atoms with van der Waals surface area (Å²) in [5.74, 6) is 0.289. The van der Waals surface area contributed by atoms with Gasteiger partial charge in [-0.25, -0.2) is 9.88 Å². The SMILES string of the molecule is O=C1CC2(CCCCC2)CC(=O)N1c1ccccn1. The molecule has 4 heteroatoms. The van der Waals surface area contributed by atoms with Gasteiger partial charge in [0, 0.05) is 19.0 Å². The maximum Gasteiger partial charge on any atom is 0.235 e. The minimum absolute atomic E-state index is 0.0578. The van der Waals surface area contributed by atoms with Gasteiger partial charge >= 0.3 is 0 Å². The smallest absolute Gasteiger partial charge is 0.235 e. The van der Waals surface area contributed by atoms with Crippen LogP contribution in [0.4, 0.5) is 5.82 Å². The van der Waals surface area contributed by atoms with Crippen LogP contribution in [-0.2, 0) is 9.59 Å². The molecule has 1 aromatic rings. The first-order chi connectivity index (χ1) is 9.20. The normalized spacial score (nSPS) is 22.8. The van der Waals surface area contributed by atoms with Gasteiger partial charge in [-0.15, -0.1) is 0 Å². The summed E-state index contributed by atoms with van der Waals surface area (Å²) in [7, 11) is 0. The van der Waals surface area contributed by atoms with Gasteiger partial charge in [0.25, 0.3) is 0 Å². The molecular formula is C15H18N2O2. The summed E-state index contributed by atoms with van der Waals surface area (Å²) in [4.78, 5) is 30.1. The van der Waals surface area contributed by atoms with E-state index in [2.05, 4.69) is 4.98 Å². The van der Waals surface area contributed by atoms with Crippen molar-refractivity contribution >= 4 is 17.6 Å². The van der Waals surface area contributed by atoms with Crippen LogP contribution in [0.25, 0.3) is 0 Å². The van der Waals surface area contributed by atoms with Gasteiger partial charge in [0.05, 0.1) is 0 Å². The molecule has 0 N–H and O–H groups in total. The minimum Gasteiger partial charge on any atom is -0.274 e. The number of carbonyl (C=O) groups excluding carboxylic acids is 2. The molecule has 100 valence electrons. The molecule has 3 rings (SSSR count). The van der Waals surface area contributed by atoms with Gasteiger partial charge in [-0.05, 0) is 30.4 Å². The van der Waals surface area contributed by atoms with Crippen molar-refractivity contribution in [3.8, 4) is 0 Å². The molecule has 0 atom stereocenters. The molecule has 2 amide bonds. The maximum absolute atomic E-state index is 12.3. The van der Waals surface area contributed by atoms with Crippen molar-refractivity contribution < 1.29 is 9.59 Å². The van der Waals surface area contributed by atoms with E-state index >= 15 is 0 Å². The second-order valence-electron chi connectivity index (χ2n) is 5.73. The fourth-order valence-corrected chi connectivity index (χ4v) is 3.40. The summed E-state index contributed by atoms with van der Waals surface area (Å²) in [5.41, 5.74) is -0.0578. The average Bonchev–Trinajstić information content (AvgIpc) is 2.40. The Bertz CT molecular complexity index is 472. The largest absolute Gasteiger partial charge is 0.274 e. The number of hydrogen-bond acceptors (Lipinski definition) is 3. The third-order valence-corrected chi connectivity index (χ3v) is 4.34. The first kappa shape index (κ1) is 12.3. The van der Waals surface area contributed by atoms with E-state index in [1.165, 1.54) is 11.3 Å². The van der Waals surface area contributed by atoms with Crippen molar-refractivity contribution in [1.29, 1.82) is 0 Å². The summed E-state index contributed by atoms with van der Waals surface area (Å²) in [6.45, 7) is 0. The van der Waals surface area contributed by atoms with Crippen LogP contribution in [0, 0.1) is 5.41 Å². The van der Waals surface area contributed by atoms with Crippen molar-refractivity contribution in [3.05, 3.63) is 24.4 Å². The molecule has 1 saturated carbocycles. The van der Waals surface area contributed by atoms with Crippen molar-refractivity contribution in [2.45, 2.75) is 44.9 Å². The molecule has 1 aliphatic heterocycles. The molecule has 19 heavy (non-hydrogen) atoms. The predicted octanol–water partition coefficient (Wildman–Crippen LogP) is 2.69. The number of anilines is 1. The van der Waals surface area contributed by atoms with Crippen LogP contribution in [-0.4, -0.2) is 16.8 Å². The Morgan fingerprint density at radius 3 is 2.26 bits per heavy atom. The van der Waals surface area contributed by atoms with Crippen LogP contribution in [0.2, 0.25) is 0 Å². The highest BCUT2D eigenvalue weighted by molar-refractivity contribution is 6.16. The first-order valence-electron chi connectivity index (χ1n) is 6.97. The fourth-order valence-electron chi connectivity index (χ4n) is 3.40. The number of aromatic nitrogens is 1. The Labute approximate surface area is 112 Å². The molecule has 1 spiro atoms. The number of hydrogen-bond donors (Lipinski definition) is 0. The lowest BCUT2D eigenvalue weighted by Gasteiger charge is -2.41. The van der Waals surface area contributed by atoms with Crippen LogP contribution < -0.4 is 4.90 Å². The maximum atomic E-state index is 12.3. The monoisotopic (exact) mass is 258 g/mol. The zero-order valence-corrected chi connectivity index (χ0v) is 11.0. The van der Waals surface area contributed by atoms with Crippen LogP contribution in [0.1, 0.15) is 44.9 Å². The van der Waals surface area contributed by atoms with Gasteiger partial charge in [0.1, 0.15) is 5.82 Å². The molecule has 0 bridgehead atoms. The van der Waals surface area contributed by atoms with Crippen molar-refractivity contribution in [1.82, 2.24) is 4.98 Å². The molecule has 2 aliphatic rings. The molecule has 1 aromatic heterocycles. The van der Waals surface area contributed by atoms with E-state index in [-0.39, 0.29) is 17.2 Å². The molecule has 0 radical (unpaired) electrons. The zero-order chi connectivity index (χ0) is 13.3. The average molecular weight is 258 g/mol. The minimum atomic E-state index is -0.0862. The van der Waals surface area contributed by atoms with E-state index in [1.54, 1.807) is 24.4 Å². The van der Waals surface area contributed by atoms with Gasteiger partial charge in [0.15, 0.2) is 0 Å². The van der Waals surface area contributed by atoms with E-state index < -0.39 is 0 Å². The van der Waals surface area contributed by atoms with Crippen LogP contribution in [0.5, 0.6) is 0 Å². The predicted molar refractivity (Wildman–Crippen MR) is 71.5 cm³/mol. The third kappa shape index (κ3) is 2.27. The van der Waals surface area contributed by atoms with E-state index in [4.69, 9.17) is 0 Å². The number of nitrogens with zero attached hydrogens (tertiary/aromatic N) is 2. The molecule has 2 fully saturated rings. The van der Waals surface area contributed by atoms with Crippen LogP contribution in [0.3, 0.4) is 0 Å². The van der Waals surface area contributed by atoms with Crippen molar-refractivity contribution in [2.75, 3.05) is 4.90 Å². The molecule has 0 unspecified atom stereocenters. The lowest BCUT2D eigenvalue weighted by atomic mass is 9.67.